The van der Waals surface area contributed by atoms with Crippen molar-refractivity contribution in [3.05, 3.63) is 46.5 Å². The number of carbonyl (C=O) groups excluding carboxylic acids is 2. The Morgan fingerprint density at radius 3 is 2.50 bits per heavy atom. The van der Waals surface area contributed by atoms with Crippen LogP contribution in [-0.4, -0.2) is 35.8 Å². The van der Waals surface area contributed by atoms with Crippen LogP contribution in [0.5, 0.6) is 0 Å². The summed E-state index contributed by atoms with van der Waals surface area (Å²) < 4.78 is 0. The number of nitrogens with zero attached hydrogens (tertiary/aromatic N) is 1. The van der Waals surface area contributed by atoms with Gasteiger partial charge in [-0.2, -0.15) is 0 Å². The summed E-state index contributed by atoms with van der Waals surface area (Å²) in [6.07, 6.45) is 2.47. The van der Waals surface area contributed by atoms with Gasteiger partial charge in [0.05, 0.1) is 0 Å². The molecule has 4 nitrogen and oxygen atoms in total. The first-order chi connectivity index (χ1) is 10.4. The van der Waals surface area contributed by atoms with E-state index >= 15 is 0 Å². The Kier molecular flexibility index (Phi) is 5.01. The van der Waals surface area contributed by atoms with Gasteiger partial charge in [-0.15, -0.1) is 0 Å². The zero-order valence-electron chi connectivity index (χ0n) is 13.8. The minimum atomic E-state index is -0.0198. The zero-order chi connectivity index (χ0) is 16.3. The van der Waals surface area contributed by atoms with Gasteiger partial charge < -0.3 is 10.2 Å². The van der Waals surface area contributed by atoms with Crippen LogP contribution in [0.4, 0.5) is 0 Å². The Morgan fingerprint density at radius 1 is 1.23 bits per heavy atom. The van der Waals surface area contributed by atoms with Crippen molar-refractivity contribution in [2.45, 2.75) is 40.2 Å². The Bertz CT molecular complexity index is 618. The van der Waals surface area contributed by atoms with Gasteiger partial charge >= 0.3 is 0 Å². The Hall–Kier alpha value is -2.10. The lowest BCUT2D eigenvalue weighted by molar-refractivity contribution is -0.118. The molecule has 1 heterocycles. The van der Waals surface area contributed by atoms with Gasteiger partial charge in [0.2, 0.25) is 5.91 Å². The summed E-state index contributed by atoms with van der Waals surface area (Å²) in [7, 11) is 0. The van der Waals surface area contributed by atoms with E-state index in [0.29, 0.717) is 19.5 Å². The Labute approximate surface area is 132 Å². The van der Waals surface area contributed by atoms with Gasteiger partial charge in [-0.05, 0) is 45.7 Å². The Morgan fingerprint density at radius 2 is 1.95 bits per heavy atom. The molecule has 0 spiro atoms. The van der Waals surface area contributed by atoms with Crippen LogP contribution in [0, 0.1) is 13.8 Å². The van der Waals surface area contributed by atoms with Crippen molar-refractivity contribution >= 4 is 11.8 Å². The number of carbonyl (C=O) groups is 2. The molecule has 1 aliphatic rings. The molecule has 0 unspecified atom stereocenters. The molecule has 22 heavy (non-hydrogen) atoms. The smallest absolute Gasteiger partial charge is 0.254 e. The predicted molar refractivity (Wildman–Crippen MR) is 87.8 cm³/mol. The molecule has 2 amide bonds. The van der Waals surface area contributed by atoms with E-state index in [-0.39, 0.29) is 17.9 Å². The van der Waals surface area contributed by atoms with Gasteiger partial charge in [-0.1, -0.05) is 23.8 Å². The number of benzene rings is 1. The number of hydrogen-bond acceptors (Lipinski definition) is 2. The van der Waals surface area contributed by atoms with E-state index in [1.165, 1.54) is 0 Å². The Balaban J connectivity index is 2.06. The number of rotatable bonds is 3. The largest absolute Gasteiger partial charge is 0.350 e. The highest BCUT2D eigenvalue weighted by molar-refractivity contribution is 5.97. The van der Waals surface area contributed by atoms with Crippen LogP contribution >= 0.6 is 0 Å². The van der Waals surface area contributed by atoms with Crippen molar-refractivity contribution < 1.29 is 9.59 Å². The van der Waals surface area contributed by atoms with E-state index in [4.69, 9.17) is 0 Å². The third-order valence-corrected chi connectivity index (χ3v) is 3.82. The fraction of sp³-hybridized carbons (Fsp3) is 0.444. The maximum Gasteiger partial charge on any atom is 0.254 e. The molecule has 0 saturated carbocycles. The maximum absolute atomic E-state index is 12.6. The van der Waals surface area contributed by atoms with Gasteiger partial charge in [-0.25, -0.2) is 0 Å². The highest BCUT2D eigenvalue weighted by Crippen LogP contribution is 2.17. The van der Waals surface area contributed by atoms with E-state index in [2.05, 4.69) is 5.32 Å². The molecular weight excluding hydrogens is 276 g/mol. The summed E-state index contributed by atoms with van der Waals surface area (Å²) in [5, 5.41) is 2.89. The summed E-state index contributed by atoms with van der Waals surface area (Å²) in [6.45, 7) is 8.94. The number of aryl methyl sites for hydroxylation is 2. The van der Waals surface area contributed by atoms with E-state index in [0.717, 1.165) is 22.3 Å². The predicted octanol–water partition coefficient (Wildman–Crippen LogP) is 2.60. The number of amides is 2. The van der Waals surface area contributed by atoms with Gasteiger partial charge in [-0.3, -0.25) is 9.59 Å². The monoisotopic (exact) mass is 300 g/mol. The molecule has 118 valence electrons. The van der Waals surface area contributed by atoms with Crippen LogP contribution in [0.15, 0.2) is 29.8 Å². The second-order valence-corrected chi connectivity index (χ2v) is 6.18. The van der Waals surface area contributed by atoms with E-state index in [9.17, 15) is 9.59 Å². The molecule has 2 rings (SSSR count). The molecule has 0 atom stereocenters. The number of hydrogen-bond donors (Lipinski definition) is 1. The maximum atomic E-state index is 12.6. The molecule has 0 aromatic heterocycles. The van der Waals surface area contributed by atoms with E-state index in [1.807, 2.05) is 52.0 Å². The van der Waals surface area contributed by atoms with Crippen LogP contribution < -0.4 is 5.32 Å². The molecule has 1 aliphatic heterocycles. The summed E-state index contributed by atoms with van der Waals surface area (Å²) in [6, 6.07) is 6.00. The molecule has 4 heteroatoms. The van der Waals surface area contributed by atoms with E-state index in [1.54, 1.807) is 4.90 Å². The standard InChI is InChI=1S/C18H24N2O2/c1-12(2)19-17(21)15-7-9-20(10-8-15)18(22)16-6-5-13(3)11-14(16)4/h5-7,11-12H,8-10H2,1-4H3,(H,19,21). The second-order valence-electron chi connectivity index (χ2n) is 6.18. The van der Waals surface area contributed by atoms with Crippen molar-refractivity contribution in [3.8, 4) is 0 Å². The fourth-order valence-corrected chi connectivity index (χ4v) is 2.64. The minimum absolute atomic E-state index is 0.0198. The average molecular weight is 300 g/mol. The van der Waals surface area contributed by atoms with Gasteiger partial charge in [0, 0.05) is 30.3 Å². The highest BCUT2D eigenvalue weighted by Gasteiger charge is 2.22. The molecule has 0 radical (unpaired) electrons. The summed E-state index contributed by atoms with van der Waals surface area (Å²) in [5.41, 5.74) is 3.67. The third-order valence-electron chi connectivity index (χ3n) is 3.82. The lowest BCUT2D eigenvalue weighted by Gasteiger charge is -2.27. The number of nitrogens with one attached hydrogen (secondary N) is 1. The van der Waals surface area contributed by atoms with Crippen LogP contribution in [0.2, 0.25) is 0 Å². The van der Waals surface area contributed by atoms with Crippen LogP contribution in [0.3, 0.4) is 0 Å². The van der Waals surface area contributed by atoms with Crippen LogP contribution in [-0.2, 0) is 4.79 Å². The summed E-state index contributed by atoms with van der Waals surface area (Å²) in [5.74, 6) is 0.0192. The first-order valence-corrected chi connectivity index (χ1v) is 7.75. The first kappa shape index (κ1) is 16.3. The first-order valence-electron chi connectivity index (χ1n) is 7.75. The summed E-state index contributed by atoms with van der Waals surface area (Å²) >= 11 is 0. The third kappa shape index (κ3) is 3.75. The molecule has 0 aliphatic carbocycles. The molecule has 1 aromatic carbocycles. The van der Waals surface area contributed by atoms with Crippen molar-refractivity contribution in [1.29, 1.82) is 0 Å². The quantitative estimate of drug-likeness (QED) is 0.933. The molecule has 1 aromatic rings. The summed E-state index contributed by atoms with van der Waals surface area (Å²) in [4.78, 5) is 26.3. The molecule has 1 N–H and O–H groups in total. The van der Waals surface area contributed by atoms with Gasteiger partial charge in [0.15, 0.2) is 0 Å². The fourth-order valence-electron chi connectivity index (χ4n) is 2.64. The molecule has 0 fully saturated rings. The van der Waals surface area contributed by atoms with Crippen molar-refractivity contribution in [3.63, 3.8) is 0 Å². The minimum Gasteiger partial charge on any atom is -0.350 e. The van der Waals surface area contributed by atoms with Crippen LogP contribution in [0.25, 0.3) is 0 Å². The molecule has 0 bridgehead atoms. The average Bonchev–Trinajstić information content (AvgIpc) is 2.46. The second kappa shape index (κ2) is 6.77. The lowest BCUT2D eigenvalue weighted by atomic mass is 10.0. The van der Waals surface area contributed by atoms with Crippen molar-refractivity contribution in [2.75, 3.05) is 13.1 Å². The van der Waals surface area contributed by atoms with E-state index < -0.39 is 0 Å². The van der Waals surface area contributed by atoms with Crippen molar-refractivity contribution in [2.24, 2.45) is 0 Å². The SMILES string of the molecule is Cc1ccc(C(=O)N2CC=C(C(=O)NC(C)C)CC2)c(C)c1. The topological polar surface area (TPSA) is 49.4 Å². The normalized spacial score (nSPS) is 14.8. The highest BCUT2D eigenvalue weighted by atomic mass is 16.2. The van der Waals surface area contributed by atoms with Gasteiger partial charge in [0.1, 0.15) is 0 Å². The van der Waals surface area contributed by atoms with Crippen molar-refractivity contribution in [1.82, 2.24) is 10.2 Å². The van der Waals surface area contributed by atoms with Gasteiger partial charge in [0.25, 0.3) is 5.91 Å². The lowest BCUT2D eigenvalue weighted by Crippen LogP contribution is -2.39. The van der Waals surface area contributed by atoms with Crippen LogP contribution in [0.1, 0.15) is 41.8 Å². The zero-order valence-corrected chi connectivity index (χ0v) is 13.8. The molecular formula is C18H24N2O2. The molecule has 0 saturated heterocycles.